The number of hydrogen-bond donors (Lipinski definition) is 0. The topological polar surface area (TPSA) is 84.2 Å². The summed E-state index contributed by atoms with van der Waals surface area (Å²) in [4.78, 5) is 29.6. The molecule has 0 spiro atoms. The van der Waals surface area contributed by atoms with Crippen LogP contribution in [-0.4, -0.2) is 69.0 Å². The zero-order chi connectivity index (χ0) is 20.6. The number of aromatic nitrogens is 4. The Morgan fingerprint density at radius 3 is 2.62 bits per heavy atom. The molecule has 0 saturated carbocycles. The van der Waals surface area contributed by atoms with Crippen LogP contribution in [0.15, 0.2) is 24.3 Å². The van der Waals surface area contributed by atoms with Gasteiger partial charge in [0.05, 0.1) is 11.3 Å². The van der Waals surface area contributed by atoms with E-state index in [2.05, 4.69) is 15.5 Å². The van der Waals surface area contributed by atoms with E-state index in [4.69, 9.17) is 11.6 Å². The summed E-state index contributed by atoms with van der Waals surface area (Å²) in [5.74, 6) is 0.362. The number of carbonyl (C=O) groups is 2. The number of carbonyl (C=O) groups excluding carboxylic acids is 2. The Morgan fingerprint density at radius 1 is 1.21 bits per heavy atom. The molecule has 2 aliphatic heterocycles. The standard InChI is InChI=1S/C20H25ClN6O2/c1-25(2)19(29)20(11-14-6-8-15(21)9-7-14)12-26(13-20)18(28)16-5-3-4-10-27-17(16)22-23-24-27/h6-9,16H,3-5,10-13H2,1-2H3. The Hall–Kier alpha value is -2.48. The minimum absolute atomic E-state index is 0.0150. The SMILES string of the molecule is CN(C)C(=O)C1(Cc2ccc(Cl)cc2)CN(C(=O)C2CCCCn3nnnc32)C1. The summed E-state index contributed by atoms with van der Waals surface area (Å²) in [5, 5.41) is 12.5. The predicted molar refractivity (Wildman–Crippen MR) is 107 cm³/mol. The molecule has 4 rings (SSSR count). The second-order valence-corrected chi connectivity index (χ2v) is 8.72. The second kappa shape index (κ2) is 7.74. The van der Waals surface area contributed by atoms with Crippen molar-refractivity contribution in [1.82, 2.24) is 30.0 Å². The first-order valence-corrected chi connectivity index (χ1v) is 10.3. The van der Waals surface area contributed by atoms with Crippen LogP contribution in [0.5, 0.6) is 0 Å². The molecular formula is C20H25ClN6O2. The van der Waals surface area contributed by atoms with Gasteiger partial charge in [-0.2, -0.15) is 0 Å². The summed E-state index contributed by atoms with van der Waals surface area (Å²) in [6.07, 6.45) is 3.22. The van der Waals surface area contributed by atoms with E-state index < -0.39 is 5.41 Å². The average molecular weight is 417 g/mol. The van der Waals surface area contributed by atoms with Gasteiger partial charge in [0.1, 0.15) is 0 Å². The number of aryl methyl sites for hydroxylation is 1. The van der Waals surface area contributed by atoms with Crippen LogP contribution in [0.1, 0.15) is 36.6 Å². The average Bonchev–Trinajstić information content (AvgIpc) is 3.04. The molecule has 0 radical (unpaired) electrons. The zero-order valence-corrected chi connectivity index (χ0v) is 17.5. The molecule has 2 amide bonds. The van der Waals surface area contributed by atoms with Crippen molar-refractivity contribution in [3.05, 3.63) is 40.7 Å². The van der Waals surface area contributed by atoms with Crippen molar-refractivity contribution in [2.75, 3.05) is 27.2 Å². The van der Waals surface area contributed by atoms with E-state index in [-0.39, 0.29) is 17.7 Å². The molecule has 1 fully saturated rings. The molecule has 2 aliphatic rings. The Labute approximate surface area is 174 Å². The number of fused-ring (bicyclic) bond motifs is 1. The Balaban J connectivity index is 1.52. The van der Waals surface area contributed by atoms with Gasteiger partial charge < -0.3 is 9.80 Å². The summed E-state index contributed by atoms with van der Waals surface area (Å²) >= 11 is 5.99. The first-order chi connectivity index (χ1) is 13.9. The quantitative estimate of drug-likeness (QED) is 0.758. The first kappa shape index (κ1) is 19.8. The van der Waals surface area contributed by atoms with E-state index in [0.717, 1.165) is 31.4 Å². The van der Waals surface area contributed by atoms with Crippen molar-refractivity contribution in [1.29, 1.82) is 0 Å². The maximum absolute atomic E-state index is 13.2. The van der Waals surface area contributed by atoms with Crippen LogP contribution in [0.2, 0.25) is 5.02 Å². The molecule has 1 atom stereocenters. The van der Waals surface area contributed by atoms with Crippen LogP contribution in [0.25, 0.3) is 0 Å². The van der Waals surface area contributed by atoms with Gasteiger partial charge in [-0.25, -0.2) is 4.68 Å². The van der Waals surface area contributed by atoms with E-state index in [1.54, 1.807) is 28.6 Å². The smallest absolute Gasteiger partial charge is 0.233 e. The van der Waals surface area contributed by atoms with Gasteiger partial charge in [-0.05, 0) is 47.4 Å². The Morgan fingerprint density at radius 2 is 1.93 bits per heavy atom. The van der Waals surface area contributed by atoms with Gasteiger partial charge in [-0.15, -0.1) is 5.10 Å². The van der Waals surface area contributed by atoms with Crippen molar-refractivity contribution < 1.29 is 9.59 Å². The van der Waals surface area contributed by atoms with Crippen LogP contribution >= 0.6 is 11.6 Å². The lowest BCUT2D eigenvalue weighted by Crippen LogP contribution is -2.66. The zero-order valence-electron chi connectivity index (χ0n) is 16.7. The monoisotopic (exact) mass is 416 g/mol. The third-order valence-electron chi connectivity index (χ3n) is 5.90. The lowest BCUT2D eigenvalue weighted by molar-refractivity contribution is -0.160. The number of hydrogen-bond acceptors (Lipinski definition) is 5. The molecule has 154 valence electrons. The second-order valence-electron chi connectivity index (χ2n) is 8.29. The molecule has 2 aromatic rings. The van der Waals surface area contributed by atoms with Crippen LogP contribution in [0.4, 0.5) is 0 Å². The van der Waals surface area contributed by atoms with E-state index in [1.165, 1.54) is 0 Å². The summed E-state index contributed by atoms with van der Waals surface area (Å²) < 4.78 is 1.74. The lowest BCUT2D eigenvalue weighted by atomic mass is 9.73. The lowest BCUT2D eigenvalue weighted by Gasteiger charge is -2.50. The van der Waals surface area contributed by atoms with Gasteiger partial charge in [0.25, 0.3) is 0 Å². The van der Waals surface area contributed by atoms with Gasteiger partial charge in [0, 0.05) is 38.8 Å². The highest BCUT2D eigenvalue weighted by Crippen LogP contribution is 2.39. The number of amides is 2. The molecule has 1 aromatic heterocycles. The van der Waals surface area contributed by atoms with E-state index in [1.807, 2.05) is 24.3 Å². The molecule has 1 saturated heterocycles. The van der Waals surface area contributed by atoms with E-state index >= 15 is 0 Å². The molecular weight excluding hydrogens is 392 g/mol. The third kappa shape index (κ3) is 3.73. The minimum atomic E-state index is -0.607. The first-order valence-electron chi connectivity index (χ1n) is 9.91. The number of nitrogens with zero attached hydrogens (tertiary/aromatic N) is 6. The molecule has 1 unspecified atom stereocenters. The molecule has 3 heterocycles. The number of benzene rings is 1. The van der Waals surface area contributed by atoms with Crippen molar-refractivity contribution in [2.24, 2.45) is 5.41 Å². The maximum Gasteiger partial charge on any atom is 0.233 e. The summed E-state index contributed by atoms with van der Waals surface area (Å²) in [6.45, 7) is 1.55. The fourth-order valence-corrected chi connectivity index (χ4v) is 4.57. The molecule has 1 aromatic carbocycles. The molecule has 9 heteroatoms. The van der Waals surface area contributed by atoms with Crippen molar-refractivity contribution in [3.63, 3.8) is 0 Å². The fraction of sp³-hybridized carbons (Fsp3) is 0.550. The molecule has 0 N–H and O–H groups in total. The third-order valence-corrected chi connectivity index (χ3v) is 6.15. The van der Waals surface area contributed by atoms with E-state index in [9.17, 15) is 9.59 Å². The number of likely N-dealkylation sites (tertiary alicyclic amines) is 1. The Bertz CT molecular complexity index is 904. The van der Waals surface area contributed by atoms with Gasteiger partial charge in [0.2, 0.25) is 11.8 Å². The van der Waals surface area contributed by atoms with Crippen molar-refractivity contribution in [3.8, 4) is 0 Å². The normalized spacial score (nSPS) is 20.4. The molecule has 29 heavy (non-hydrogen) atoms. The van der Waals surface area contributed by atoms with Crippen LogP contribution < -0.4 is 0 Å². The summed E-state index contributed by atoms with van der Waals surface area (Å²) in [7, 11) is 3.52. The van der Waals surface area contributed by atoms with Gasteiger partial charge in [0.15, 0.2) is 5.82 Å². The van der Waals surface area contributed by atoms with Crippen molar-refractivity contribution >= 4 is 23.4 Å². The maximum atomic E-state index is 13.2. The highest BCUT2D eigenvalue weighted by Gasteiger charge is 2.52. The van der Waals surface area contributed by atoms with Gasteiger partial charge in [-0.3, -0.25) is 9.59 Å². The molecule has 8 nitrogen and oxygen atoms in total. The fourth-order valence-electron chi connectivity index (χ4n) is 4.44. The largest absolute Gasteiger partial charge is 0.348 e. The van der Waals surface area contributed by atoms with Crippen LogP contribution in [-0.2, 0) is 22.6 Å². The number of rotatable bonds is 4. The number of tetrazole rings is 1. The van der Waals surface area contributed by atoms with Crippen LogP contribution in [0, 0.1) is 5.41 Å². The van der Waals surface area contributed by atoms with Gasteiger partial charge >= 0.3 is 0 Å². The molecule has 0 aliphatic carbocycles. The summed E-state index contributed by atoms with van der Waals surface area (Å²) in [6, 6.07) is 7.54. The minimum Gasteiger partial charge on any atom is -0.348 e. The Kier molecular flexibility index (Phi) is 5.29. The summed E-state index contributed by atoms with van der Waals surface area (Å²) in [5.41, 5.74) is 0.430. The number of halogens is 1. The van der Waals surface area contributed by atoms with Crippen LogP contribution in [0.3, 0.4) is 0 Å². The predicted octanol–water partition coefficient (Wildman–Crippen LogP) is 1.75. The van der Waals surface area contributed by atoms with Gasteiger partial charge in [-0.1, -0.05) is 30.2 Å². The molecule has 0 bridgehead atoms. The van der Waals surface area contributed by atoms with Crippen molar-refractivity contribution in [2.45, 2.75) is 38.1 Å². The highest BCUT2D eigenvalue weighted by atomic mass is 35.5. The van der Waals surface area contributed by atoms with E-state index in [0.29, 0.717) is 30.4 Å². The highest BCUT2D eigenvalue weighted by molar-refractivity contribution is 6.30.